The summed E-state index contributed by atoms with van der Waals surface area (Å²) in [4.78, 5) is 0. The Morgan fingerprint density at radius 3 is 2.10 bits per heavy atom. The fourth-order valence-electron chi connectivity index (χ4n) is 1.89. The van der Waals surface area contributed by atoms with Gasteiger partial charge in [-0.1, -0.05) is 24.3 Å². The van der Waals surface area contributed by atoms with Crippen LogP contribution in [0.5, 0.6) is 11.5 Å². The lowest BCUT2D eigenvalue weighted by molar-refractivity contribution is 0.482. The summed E-state index contributed by atoms with van der Waals surface area (Å²) in [5.74, 6) is 1.59. The second kappa shape index (κ2) is 6.74. The van der Waals surface area contributed by atoms with E-state index in [4.69, 9.17) is 10.00 Å². The SMILES string of the molecule is CNC(C)c1ccc(Oc2ccc(CC#N)cc2)cc1. The normalized spacial score (nSPS) is 11.7. The van der Waals surface area contributed by atoms with Gasteiger partial charge in [0.15, 0.2) is 0 Å². The Bertz CT molecular complexity index is 582. The van der Waals surface area contributed by atoms with Crippen molar-refractivity contribution in [1.82, 2.24) is 5.32 Å². The summed E-state index contributed by atoms with van der Waals surface area (Å²) in [5.41, 5.74) is 2.22. The molecule has 102 valence electrons. The molecule has 0 saturated carbocycles. The number of nitrogens with zero attached hydrogens (tertiary/aromatic N) is 1. The number of nitriles is 1. The van der Waals surface area contributed by atoms with E-state index in [-0.39, 0.29) is 0 Å². The number of ether oxygens (including phenoxy) is 1. The quantitative estimate of drug-likeness (QED) is 0.894. The first-order valence-corrected chi connectivity index (χ1v) is 6.64. The molecule has 0 aliphatic heterocycles. The van der Waals surface area contributed by atoms with Gasteiger partial charge in [-0.2, -0.15) is 5.26 Å². The van der Waals surface area contributed by atoms with Crippen LogP contribution in [0.2, 0.25) is 0 Å². The summed E-state index contributed by atoms with van der Waals surface area (Å²) in [6.45, 7) is 2.11. The molecule has 1 atom stereocenters. The first-order valence-electron chi connectivity index (χ1n) is 6.64. The molecule has 3 heteroatoms. The van der Waals surface area contributed by atoms with Gasteiger partial charge in [0.05, 0.1) is 12.5 Å². The number of hydrogen-bond acceptors (Lipinski definition) is 3. The topological polar surface area (TPSA) is 45.0 Å². The number of nitrogens with one attached hydrogen (secondary N) is 1. The van der Waals surface area contributed by atoms with Gasteiger partial charge in [-0.15, -0.1) is 0 Å². The van der Waals surface area contributed by atoms with Crippen LogP contribution in [-0.4, -0.2) is 7.05 Å². The van der Waals surface area contributed by atoms with Crippen molar-refractivity contribution in [2.45, 2.75) is 19.4 Å². The fraction of sp³-hybridized carbons (Fsp3) is 0.235. The molecule has 1 unspecified atom stereocenters. The number of rotatable bonds is 5. The summed E-state index contributed by atoms with van der Waals surface area (Å²) in [5, 5.41) is 11.8. The molecule has 0 fully saturated rings. The van der Waals surface area contributed by atoms with Crippen LogP contribution in [0.3, 0.4) is 0 Å². The standard InChI is InChI=1S/C17H18N2O/c1-13(19-2)15-5-9-17(10-6-15)20-16-7-3-14(4-8-16)11-12-18/h3-10,13,19H,11H2,1-2H3. The molecule has 0 saturated heterocycles. The predicted molar refractivity (Wildman–Crippen MR) is 79.7 cm³/mol. The largest absolute Gasteiger partial charge is 0.457 e. The third-order valence-electron chi connectivity index (χ3n) is 3.26. The molecule has 0 spiro atoms. The van der Waals surface area contributed by atoms with E-state index in [0.29, 0.717) is 12.5 Å². The molecule has 2 rings (SSSR count). The molecule has 0 aliphatic carbocycles. The predicted octanol–water partition coefficient (Wildman–Crippen LogP) is 3.83. The van der Waals surface area contributed by atoms with Crippen LogP contribution >= 0.6 is 0 Å². The van der Waals surface area contributed by atoms with Crippen LogP contribution in [0.1, 0.15) is 24.1 Å². The van der Waals surface area contributed by atoms with Crippen molar-refractivity contribution in [1.29, 1.82) is 5.26 Å². The monoisotopic (exact) mass is 266 g/mol. The molecule has 3 nitrogen and oxygen atoms in total. The molecule has 20 heavy (non-hydrogen) atoms. The summed E-state index contributed by atoms with van der Waals surface area (Å²) in [7, 11) is 1.94. The zero-order chi connectivity index (χ0) is 14.4. The maximum Gasteiger partial charge on any atom is 0.127 e. The fourth-order valence-corrected chi connectivity index (χ4v) is 1.89. The smallest absolute Gasteiger partial charge is 0.127 e. The van der Waals surface area contributed by atoms with E-state index in [0.717, 1.165) is 17.1 Å². The molecule has 0 bridgehead atoms. The third kappa shape index (κ3) is 3.59. The molecular formula is C17H18N2O. The Hall–Kier alpha value is -2.31. The lowest BCUT2D eigenvalue weighted by Crippen LogP contribution is -2.11. The minimum Gasteiger partial charge on any atom is -0.457 e. The van der Waals surface area contributed by atoms with E-state index in [2.05, 4.69) is 30.4 Å². The average molecular weight is 266 g/mol. The van der Waals surface area contributed by atoms with E-state index in [9.17, 15) is 0 Å². The third-order valence-corrected chi connectivity index (χ3v) is 3.26. The zero-order valence-electron chi connectivity index (χ0n) is 11.8. The van der Waals surface area contributed by atoms with Crippen LogP contribution in [0, 0.1) is 11.3 Å². The minimum atomic E-state index is 0.328. The van der Waals surface area contributed by atoms with Gasteiger partial charge in [0.1, 0.15) is 11.5 Å². The van der Waals surface area contributed by atoms with Crippen molar-refractivity contribution in [2.24, 2.45) is 0 Å². The van der Waals surface area contributed by atoms with Crippen molar-refractivity contribution in [2.75, 3.05) is 7.05 Å². The van der Waals surface area contributed by atoms with E-state index >= 15 is 0 Å². The molecule has 0 aliphatic rings. The van der Waals surface area contributed by atoms with Gasteiger partial charge in [-0.25, -0.2) is 0 Å². The molecule has 0 amide bonds. The van der Waals surface area contributed by atoms with Crippen LogP contribution < -0.4 is 10.1 Å². The number of hydrogen-bond donors (Lipinski definition) is 1. The van der Waals surface area contributed by atoms with Gasteiger partial charge in [0, 0.05) is 6.04 Å². The highest BCUT2D eigenvalue weighted by Gasteiger charge is 2.03. The van der Waals surface area contributed by atoms with Gasteiger partial charge in [-0.3, -0.25) is 0 Å². The van der Waals surface area contributed by atoms with Crippen LogP contribution in [0.15, 0.2) is 48.5 Å². The second-order valence-corrected chi connectivity index (χ2v) is 4.66. The Labute approximate surface area is 119 Å². The van der Waals surface area contributed by atoms with E-state index in [1.54, 1.807) is 0 Å². The summed E-state index contributed by atoms with van der Waals surface area (Å²) < 4.78 is 5.78. The molecule has 1 N–H and O–H groups in total. The molecule has 2 aromatic carbocycles. The van der Waals surface area contributed by atoms with E-state index in [1.807, 2.05) is 43.4 Å². The first kappa shape index (κ1) is 14.1. The van der Waals surface area contributed by atoms with Gasteiger partial charge >= 0.3 is 0 Å². The van der Waals surface area contributed by atoms with Crippen molar-refractivity contribution in [3.8, 4) is 17.6 Å². The van der Waals surface area contributed by atoms with Gasteiger partial charge in [0.2, 0.25) is 0 Å². The molecule has 2 aromatic rings. The Kier molecular flexibility index (Phi) is 4.75. The summed E-state index contributed by atoms with van der Waals surface area (Å²) in [6, 6.07) is 18.1. The number of benzene rings is 2. The second-order valence-electron chi connectivity index (χ2n) is 4.66. The lowest BCUT2D eigenvalue weighted by atomic mass is 10.1. The Morgan fingerprint density at radius 1 is 1.05 bits per heavy atom. The summed E-state index contributed by atoms with van der Waals surface area (Å²) in [6.07, 6.45) is 0.427. The van der Waals surface area contributed by atoms with Crippen LogP contribution in [0.25, 0.3) is 0 Å². The maximum absolute atomic E-state index is 8.63. The highest BCUT2D eigenvalue weighted by molar-refractivity contribution is 5.35. The molecule has 0 heterocycles. The maximum atomic E-state index is 8.63. The molecular weight excluding hydrogens is 248 g/mol. The summed E-state index contributed by atoms with van der Waals surface area (Å²) >= 11 is 0. The van der Waals surface area contributed by atoms with Crippen molar-refractivity contribution in [3.05, 3.63) is 59.7 Å². The van der Waals surface area contributed by atoms with Gasteiger partial charge in [-0.05, 0) is 49.4 Å². The van der Waals surface area contributed by atoms with Gasteiger partial charge < -0.3 is 10.1 Å². The van der Waals surface area contributed by atoms with Crippen LogP contribution in [-0.2, 0) is 6.42 Å². The molecule has 0 aromatic heterocycles. The van der Waals surface area contributed by atoms with E-state index in [1.165, 1.54) is 5.56 Å². The van der Waals surface area contributed by atoms with Crippen molar-refractivity contribution in [3.63, 3.8) is 0 Å². The Morgan fingerprint density at radius 2 is 1.60 bits per heavy atom. The van der Waals surface area contributed by atoms with Crippen LogP contribution in [0.4, 0.5) is 0 Å². The highest BCUT2D eigenvalue weighted by atomic mass is 16.5. The minimum absolute atomic E-state index is 0.328. The average Bonchev–Trinajstić information content (AvgIpc) is 2.49. The lowest BCUT2D eigenvalue weighted by Gasteiger charge is -2.11. The van der Waals surface area contributed by atoms with Gasteiger partial charge in [0.25, 0.3) is 0 Å². The van der Waals surface area contributed by atoms with E-state index < -0.39 is 0 Å². The molecule has 0 radical (unpaired) electrons. The van der Waals surface area contributed by atoms with Crippen molar-refractivity contribution >= 4 is 0 Å². The highest BCUT2D eigenvalue weighted by Crippen LogP contribution is 2.23. The zero-order valence-corrected chi connectivity index (χ0v) is 11.8. The van der Waals surface area contributed by atoms with Crippen molar-refractivity contribution < 1.29 is 4.74 Å². The first-order chi connectivity index (χ1) is 9.72. The Balaban J connectivity index is 2.04.